The van der Waals surface area contributed by atoms with E-state index in [-0.39, 0.29) is 11.9 Å². The first-order valence-corrected chi connectivity index (χ1v) is 9.54. The van der Waals surface area contributed by atoms with Gasteiger partial charge in [0.1, 0.15) is 5.69 Å². The van der Waals surface area contributed by atoms with Crippen LogP contribution in [0.3, 0.4) is 0 Å². The SMILES string of the molecule is Cc1cccc(CN2CCN(Cc3cc(-c4cccnc4)no3)C(C)C2=O)c1. The maximum atomic E-state index is 12.9. The van der Waals surface area contributed by atoms with Crippen molar-refractivity contribution in [1.82, 2.24) is 19.9 Å². The second kappa shape index (κ2) is 7.94. The maximum absolute atomic E-state index is 12.9. The monoisotopic (exact) mass is 376 g/mol. The molecule has 3 heterocycles. The van der Waals surface area contributed by atoms with Crippen LogP contribution in [0.2, 0.25) is 0 Å². The third-order valence-electron chi connectivity index (χ3n) is 5.21. The minimum atomic E-state index is -0.189. The van der Waals surface area contributed by atoms with Crippen LogP contribution in [-0.2, 0) is 17.9 Å². The van der Waals surface area contributed by atoms with Crippen LogP contribution in [-0.4, -0.2) is 45.0 Å². The summed E-state index contributed by atoms with van der Waals surface area (Å²) in [7, 11) is 0. The van der Waals surface area contributed by atoms with E-state index < -0.39 is 0 Å². The Morgan fingerprint density at radius 3 is 2.82 bits per heavy atom. The molecule has 1 aliphatic heterocycles. The highest BCUT2D eigenvalue weighted by Gasteiger charge is 2.32. The first kappa shape index (κ1) is 18.4. The minimum absolute atomic E-state index is 0.153. The van der Waals surface area contributed by atoms with Crippen LogP contribution in [0.15, 0.2) is 59.4 Å². The van der Waals surface area contributed by atoms with Crippen molar-refractivity contribution in [3.05, 3.63) is 71.7 Å². The fraction of sp³-hybridized carbons (Fsp3) is 0.318. The van der Waals surface area contributed by atoms with Gasteiger partial charge in [-0.2, -0.15) is 0 Å². The molecule has 0 N–H and O–H groups in total. The summed E-state index contributed by atoms with van der Waals surface area (Å²) in [5.74, 6) is 0.908. The molecule has 0 bridgehead atoms. The Balaban J connectivity index is 1.40. The number of hydrogen-bond donors (Lipinski definition) is 0. The summed E-state index contributed by atoms with van der Waals surface area (Å²) in [5, 5.41) is 4.14. The number of benzene rings is 1. The molecule has 0 saturated carbocycles. The predicted molar refractivity (Wildman–Crippen MR) is 106 cm³/mol. The molecular formula is C22H24N4O2. The fourth-order valence-electron chi connectivity index (χ4n) is 3.62. The molecule has 1 saturated heterocycles. The van der Waals surface area contributed by atoms with Crippen LogP contribution in [0, 0.1) is 6.92 Å². The van der Waals surface area contributed by atoms with Crippen LogP contribution < -0.4 is 0 Å². The van der Waals surface area contributed by atoms with Gasteiger partial charge in [-0.25, -0.2) is 0 Å². The topological polar surface area (TPSA) is 62.5 Å². The molecule has 0 radical (unpaired) electrons. The summed E-state index contributed by atoms with van der Waals surface area (Å²) in [6.07, 6.45) is 3.49. The Kier molecular flexibility index (Phi) is 5.21. The van der Waals surface area contributed by atoms with Gasteiger partial charge >= 0.3 is 0 Å². The van der Waals surface area contributed by atoms with Gasteiger partial charge in [0.15, 0.2) is 5.76 Å². The largest absolute Gasteiger partial charge is 0.359 e. The molecular weight excluding hydrogens is 352 g/mol. The number of pyridine rings is 1. The normalized spacial score (nSPS) is 17.9. The van der Waals surface area contributed by atoms with E-state index in [4.69, 9.17) is 4.52 Å². The molecule has 1 amide bonds. The summed E-state index contributed by atoms with van der Waals surface area (Å²) in [5.41, 5.74) is 4.07. The lowest BCUT2D eigenvalue weighted by atomic mass is 10.1. The number of aromatic nitrogens is 2. The number of piperazine rings is 1. The highest BCUT2D eigenvalue weighted by molar-refractivity contribution is 5.82. The van der Waals surface area contributed by atoms with Gasteiger partial charge in [0.2, 0.25) is 5.91 Å². The second-order valence-corrected chi connectivity index (χ2v) is 7.32. The summed E-state index contributed by atoms with van der Waals surface area (Å²) in [6.45, 7) is 6.78. The molecule has 28 heavy (non-hydrogen) atoms. The molecule has 1 unspecified atom stereocenters. The molecule has 4 rings (SSSR count). The Bertz CT molecular complexity index is 954. The molecule has 6 nitrogen and oxygen atoms in total. The average Bonchev–Trinajstić information content (AvgIpc) is 3.17. The van der Waals surface area contributed by atoms with Gasteiger partial charge in [-0.1, -0.05) is 35.0 Å². The Morgan fingerprint density at radius 1 is 1.14 bits per heavy atom. The summed E-state index contributed by atoms with van der Waals surface area (Å²) in [6, 6.07) is 13.9. The van der Waals surface area contributed by atoms with Gasteiger partial charge in [0, 0.05) is 43.7 Å². The molecule has 3 aromatic rings. The van der Waals surface area contributed by atoms with E-state index in [0.29, 0.717) is 19.6 Å². The molecule has 1 fully saturated rings. The zero-order valence-electron chi connectivity index (χ0n) is 16.2. The molecule has 144 valence electrons. The summed E-state index contributed by atoms with van der Waals surface area (Å²) >= 11 is 0. The number of amides is 1. The average molecular weight is 376 g/mol. The van der Waals surface area contributed by atoms with E-state index in [9.17, 15) is 4.79 Å². The van der Waals surface area contributed by atoms with Crippen LogP contribution in [0.4, 0.5) is 0 Å². The van der Waals surface area contributed by atoms with Crippen molar-refractivity contribution in [2.75, 3.05) is 13.1 Å². The van der Waals surface area contributed by atoms with Gasteiger partial charge in [0.25, 0.3) is 0 Å². The molecule has 1 atom stereocenters. The quantitative estimate of drug-likeness (QED) is 0.684. The molecule has 2 aromatic heterocycles. The molecule has 6 heteroatoms. The van der Waals surface area contributed by atoms with E-state index >= 15 is 0 Å². The second-order valence-electron chi connectivity index (χ2n) is 7.32. The van der Waals surface area contributed by atoms with Crippen molar-refractivity contribution in [2.24, 2.45) is 0 Å². The lowest BCUT2D eigenvalue weighted by Crippen LogP contribution is -2.54. The van der Waals surface area contributed by atoms with Gasteiger partial charge in [-0.3, -0.25) is 14.7 Å². The van der Waals surface area contributed by atoms with Gasteiger partial charge < -0.3 is 9.42 Å². The predicted octanol–water partition coefficient (Wildman–Crippen LogP) is 3.28. The van der Waals surface area contributed by atoms with E-state index in [0.717, 1.165) is 23.6 Å². The van der Waals surface area contributed by atoms with Crippen molar-refractivity contribution < 1.29 is 9.32 Å². The zero-order valence-corrected chi connectivity index (χ0v) is 16.2. The smallest absolute Gasteiger partial charge is 0.239 e. The third-order valence-corrected chi connectivity index (χ3v) is 5.21. The van der Waals surface area contributed by atoms with Crippen LogP contribution >= 0.6 is 0 Å². The zero-order chi connectivity index (χ0) is 19.5. The lowest BCUT2D eigenvalue weighted by Gasteiger charge is -2.38. The Labute approximate surface area is 164 Å². The number of carbonyl (C=O) groups is 1. The number of rotatable bonds is 5. The minimum Gasteiger partial charge on any atom is -0.359 e. The highest BCUT2D eigenvalue weighted by atomic mass is 16.5. The summed E-state index contributed by atoms with van der Waals surface area (Å²) in [4.78, 5) is 21.1. The molecule has 1 aliphatic rings. The van der Waals surface area contributed by atoms with Crippen LogP contribution in [0.25, 0.3) is 11.3 Å². The number of aryl methyl sites for hydroxylation is 1. The molecule has 0 aliphatic carbocycles. The third kappa shape index (κ3) is 3.97. The van der Waals surface area contributed by atoms with Crippen molar-refractivity contribution in [3.8, 4) is 11.3 Å². The number of hydrogen-bond acceptors (Lipinski definition) is 5. The molecule has 1 aromatic carbocycles. The maximum Gasteiger partial charge on any atom is 0.239 e. The number of carbonyl (C=O) groups excluding carboxylic acids is 1. The van der Waals surface area contributed by atoms with E-state index in [1.165, 1.54) is 11.1 Å². The standard InChI is InChI=1S/C22H24N4O2/c1-16-5-3-6-18(11-16)14-26-10-9-25(17(2)22(26)27)15-20-12-21(24-28-20)19-7-4-8-23-13-19/h3-8,11-13,17H,9-10,14-15H2,1-2H3. The van der Waals surface area contributed by atoms with Crippen LogP contribution in [0.5, 0.6) is 0 Å². The van der Waals surface area contributed by atoms with E-state index in [1.807, 2.05) is 36.1 Å². The van der Waals surface area contributed by atoms with Crippen molar-refractivity contribution in [2.45, 2.75) is 33.0 Å². The van der Waals surface area contributed by atoms with Gasteiger partial charge in [0.05, 0.1) is 12.6 Å². The van der Waals surface area contributed by atoms with E-state index in [2.05, 4.69) is 40.2 Å². The van der Waals surface area contributed by atoms with Crippen molar-refractivity contribution in [3.63, 3.8) is 0 Å². The Morgan fingerprint density at radius 2 is 2.04 bits per heavy atom. The molecule has 0 spiro atoms. The van der Waals surface area contributed by atoms with Crippen molar-refractivity contribution in [1.29, 1.82) is 0 Å². The van der Waals surface area contributed by atoms with Gasteiger partial charge in [-0.05, 0) is 31.5 Å². The highest BCUT2D eigenvalue weighted by Crippen LogP contribution is 2.21. The Hall–Kier alpha value is -2.99. The first-order valence-electron chi connectivity index (χ1n) is 9.54. The number of nitrogens with zero attached hydrogens (tertiary/aromatic N) is 4. The van der Waals surface area contributed by atoms with E-state index in [1.54, 1.807) is 12.4 Å². The van der Waals surface area contributed by atoms with Crippen molar-refractivity contribution >= 4 is 5.91 Å². The van der Waals surface area contributed by atoms with Crippen LogP contribution in [0.1, 0.15) is 23.8 Å². The first-order chi connectivity index (χ1) is 13.6. The summed E-state index contributed by atoms with van der Waals surface area (Å²) < 4.78 is 5.50. The fourth-order valence-corrected chi connectivity index (χ4v) is 3.62. The lowest BCUT2D eigenvalue weighted by molar-refractivity contribution is -0.142. The van der Waals surface area contributed by atoms with Gasteiger partial charge in [-0.15, -0.1) is 0 Å².